The van der Waals surface area contributed by atoms with E-state index in [-0.39, 0.29) is 6.03 Å². The van der Waals surface area contributed by atoms with Crippen molar-refractivity contribution in [3.8, 4) is 0 Å². The topological polar surface area (TPSA) is 26.8 Å². The van der Waals surface area contributed by atoms with Crippen LogP contribution in [0.1, 0.15) is 0 Å². The van der Waals surface area contributed by atoms with Crippen LogP contribution >= 0.6 is 0 Å². The molecular weight excluding hydrogens is 154 g/mol. The predicted octanol–water partition coefficient (Wildman–Crippen LogP) is 0.387. The summed E-state index contributed by atoms with van der Waals surface area (Å²) in [4.78, 5) is 16.7. The van der Waals surface area contributed by atoms with E-state index < -0.39 is 0 Å². The third-order valence-corrected chi connectivity index (χ3v) is 1.96. The molecule has 0 bridgehead atoms. The fourth-order valence-corrected chi connectivity index (χ4v) is 1.02. The third-order valence-electron chi connectivity index (χ3n) is 1.96. The van der Waals surface area contributed by atoms with Crippen molar-refractivity contribution in [3.63, 3.8) is 0 Å². The molecule has 1 aliphatic heterocycles. The highest BCUT2D eigenvalue weighted by atomic mass is 16.2. The van der Waals surface area contributed by atoms with Gasteiger partial charge in [0.15, 0.2) is 0 Å². The Hall–Kier alpha value is -1.19. The zero-order chi connectivity index (χ0) is 9.14. The van der Waals surface area contributed by atoms with E-state index in [0.717, 1.165) is 13.1 Å². The fourth-order valence-electron chi connectivity index (χ4n) is 1.02. The number of nitrogens with zero attached hydrogens (tertiary/aromatic N) is 3. The first-order valence-electron chi connectivity index (χ1n) is 3.98. The SMILES string of the molecule is CN1C=CN(C)C(=O)N(C)CC1. The van der Waals surface area contributed by atoms with E-state index in [1.54, 1.807) is 23.0 Å². The molecule has 0 aromatic heterocycles. The van der Waals surface area contributed by atoms with E-state index in [4.69, 9.17) is 0 Å². The molecule has 0 unspecified atom stereocenters. The van der Waals surface area contributed by atoms with Crippen LogP contribution in [-0.4, -0.2) is 55.0 Å². The van der Waals surface area contributed by atoms with Crippen molar-refractivity contribution < 1.29 is 4.79 Å². The largest absolute Gasteiger partial charge is 0.377 e. The normalized spacial score (nSPS) is 19.6. The van der Waals surface area contributed by atoms with Gasteiger partial charge in [0.05, 0.1) is 0 Å². The lowest BCUT2D eigenvalue weighted by Gasteiger charge is -2.27. The minimum Gasteiger partial charge on any atom is -0.377 e. The van der Waals surface area contributed by atoms with Gasteiger partial charge in [-0.1, -0.05) is 0 Å². The van der Waals surface area contributed by atoms with Crippen LogP contribution in [0.15, 0.2) is 12.4 Å². The lowest BCUT2D eigenvalue weighted by molar-refractivity contribution is 0.179. The summed E-state index contributed by atoms with van der Waals surface area (Å²) in [6.07, 6.45) is 3.68. The Morgan fingerprint density at radius 3 is 2.50 bits per heavy atom. The van der Waals surface area contributed by atoms with Gasteiger partial charge in [0, 0.05) is 46.6 Å². The molecule has 4 nitrogen and oxygen atoms in total. The zero-order valence-corrected chi connectivity index (χ0v) is 7.82. The molecule has 68 valence electrons. The molecule has 0 saturated heterocycles. The summed E-state index contributed by atoms with van der Waals surface area (Å²) in [5.74, 6) is 0. The number of rotatable bonds is 0. The second kappa shape index (κ2) is 3.47. The molecule has 2 amide bonds. The highest BCUT2D eigenvalue weighted by Gasteiger charge is 2.13. The second-order valence-corrected chi connectivity index (χ2v) is 3.09. The maximum atomic E-state index is 11.4. The van der Waals surface area contributed by atoms with Crippen molar-refractivity contribution in [1.29, 1.82) is 0 Å². The van der Waals surface area contributed by atoms with Gasteiger partial charge in [-0.05, 0) is 0 Å². The lowest BCUT2D eigenvalue weighted by Crippen LogP contribution is -2.41. The fraction of sp³-hybridized carbons (Fsp3) is 0.625. The molecule has 0 aromatic rings. The number of urea groups is 1. The first kappa shape index (κ1) is 8.90. The molecule has 12 heavy (non-hydrogen) atoms. The second-order valence-electron chi connectivity index (χ2n) is 3.09. The molecule has 0 radical (unpaired) electrons. The third kappa shape index (κ3) is 1.90. The molecular formula is C8H15N3O. The lowest BCUT2D eigenvalue weighted by atomic mass is 10.5. The number of likely N-dealkylation sites (N-methyl/N-ethyl adjacent to an activating group) is 2. The number of hydrogen-bond donors (Lipinski definition) is 0. The summed E-state index contributed by atoms with van der Waals surface area (Å²) in [6, 6.07) is 0.0411. The van der Waals surface area contributed by atoms with Crippen LogP contribution in [0.25, 0.3) is 0 Å². The quantitative estimate of drug-likeness (QED) is 0.524. The monoisotopic (exact) mass is 169 g/mol. The van der Waals surface area contributed by atoms with Crippen LogP contribution in [0.4, 0.5) is 4.79 Å². The average molecular weight is 169 g/mol. The maximum Gasteiger partial charge on any atom is 0.323 e. The summed E-state index contributed by atoms with van der Waals surface area (Å²) in [6.45, 7) is 1.65. The smallest absolute Gasteiger partial charge is 0.323 e. The van der Waals surface area contributed by atoms with Crippen molar-refractivity contribution in [2.75, 3.05) is 34.2 Å². The molecule has 0 N–H and O–H groups in total. The van der Waals surface area contributed by atoms with Crippen molar-refractivity contribution in [2.24, 2.45) is 0 Å². The van der Waals surface area contributed by atoms with Crippen LogP contribution in [-0.2, 0) is 0 Å². The zero-order valence-electron chi connectivity index (χ0n) is 7.82. The van der Waals surface area contributed by atoms with Gasteiger partial charge < -0.3 is 14.7 Å². The van der Waals surface area contributed by atoms with E-state index >= 15 is 0 Å². The number of amides is 2. The Labute approximate surface area is 73.0 Å². The van der Waals surface area contributed by atoms with Crippen LogP contribution in [0.3, 0.4) is 0 Å². The van der Waals surface area contributed by atoms with E-state index in [1.807, 2.05) is 20.3 Å². The molecule has 1 aliphatic rings. The minimum absolute atomic E-state index is 0.0411. The van der Waals surface area contributed by atoms with Gasteiger partial charge in [-0.2, -0.15) is 0 Å². The van der Waals surface area contributed by atoms with Crippen LogP contribution in [0.5, 0.6) is 0 Å². The maximum absolute atomic E-state index is 11.4. The molecule has 0 aromatic carbocycles. The van der Waals surface area contributed by atoms with Gasteiger partial charge in [0.1, 0.15) is 0 Å². The summed E-state index contributed by atoms with van der Waals surface area (Å²) in [7, 11) is 5.56. The van der Waals surface area contributed by atoms with Gasteiger partial charge >= 0.3 is 6.03 Å². The molecule has 0 fully saturated rings. The molecule has 0 saturated carbocycles. The molecule has 0 atom stereocenters. The molecule has 1 heterocycles. The summed E-state index contributed by atoms with van der Waals surface area (Å²) in [5.41, 5.74) is 0. The van der Waals surface area contributed by atoms with Crippen molar-refractivity contribution in [2.45, 2.75) is 0 Å². The Morgan fingerprint density at radius 2 is 1.83 bits per heavy atom. The molecule has 0 aliphatic carbocycles. The Bertz CT molecular complexity index is 202. The molecule has 4 heteroatoms. The number of carbonyl (C=O) groups excluding carboxylic acids is 1. The minimum atomic E-state index is 0.0411. The van der Waals surface area contributed by atoms with Gasteiger partial charge in [-0.3, -0.25) is 0 Å². The highest BCUT2D eigenvalue weighted by Crippen LogP contribution is 2.00. The average Bonchev–Trinajstić information content (AvgIpc) is 2.07. The van der Waals surface area contributed by atoms with E-state index in [2.05, 4.69) is 4.90 Å². The number of carbonyl (C=O) groups is 1. The predicted molar refractivity (Wildman–Crippen MR) is 47.6 cm³/mol. The van der Waals surface area contributed by atoms with Crippen molar-refractivity contribution in [3.05, 3.63) is 12.4 Å². The molecule has 0 spiro atoms. The Morgan fingerprint density at radius 1 is 1.17 bits per heavy atom. The summed E-state index contributed by atoms with van der Waals surface area (Å²) < 4.78 is 0. The summed E-state index contributed by atoms with van der Waals surface area (Å²) >= 11 is 0. The van der Waals surface area contributed by atoms with Crippen molar-refractivity contribution >= 4 is 6.03 Å². The van der Waals surface area contributed by atoms with E-state index in [1.165, 1.54) is 0 Å². The highest BCUT2D eigenvalue weighted by molar-refractivity contribution is 5.74. The summed E-state index contributed by atoms with van der Waals surface area (Å²) in [5, 5.41) is 0. The molecule has 1 rings (SSSR count). The van der Waals surface area contributed by atoms with Gasteiger partial charge in [0.2, 0.25) is 0 Å². The Kier molecular flexibility index (Phi) is 2.58. The van der Waals surface area contributed by atoms with Crippen LogP contribution in [0, 0.1) is 0 Å². The Balaban J connectivity index is 2.71. The van der Waals surface area contributed by atoms with E-state index in [0.29, 0.717) is 0 Å². The van der Waals surface area contributed by atoms with Gasteiger partial charge in [-0.15, -0.1) is 0 Å². The van der Waals surface area contributed by atoms with Gasteiger partial charge in [-0.25, -0.2) is 4.79 Å². The van der Waals surface area contributed by atoms with Crippen LogP contribution < -0.4 is 0 Å². The van der Waals surface area contributed by atoms with Crippen LogP contribution in [0.2, 0.25) is 0 Å². The van der Waals surface area contributed by atoms with E-state index in [9.17, 15) is 4.79 Å². The standard InChI is InChI=1S/C8H15N3O/c1-9-4-6-10(2)8(12)11(3)7-5-9/h4,6H,5,7H2,1-3H3. The first-order chi connectivity index (χ1) is 5.61. The van der Waals surface area contributed by atoms with Crippen molar-refractivity contribution in [1.82, 2.24) is 14.7 Å². The van der Waals surface area contributed by atoms with Gasteiger partial charge in [0.25, 0.3) is 0 Å². The number of hydrogen-bond acceptors (Lipinski definition) is 2. The first-order valence-corrected chi connectivity index (χ1v) is 3.98.